The van der Waals surface area contributed by atoms with Crippen molar-refractivity contribution in [1.29, 1.82) is 0 Å². The number of hydrogen-bond donors (Lipinski definition) is 0. The molecule has 0 fully saturated rings. The number of allylic oxidation sites excluding steroid dienone is 2. The summed E-state index contributed by atoms with van der Waals surface area (Å²) in [6, 6.07) is 9.90. The summed E-state index contributed by atoms with van der Waals surface area (Å²) in [5, 5.41) is 0. The first kappa shape index (κ1) is 13.7. The van der Waals surface area contributed by atoms with Gasteiger partial charge in [-0.15, -0.1) is 0 Å². The van der Waals surface area contributed by atoms with Crippen molar-refractivity contribution in [2.45, 2.75) is 18.9 Å². The summed E-state index contributed by atoms with van der Waals surface area (Å²) in [5.41, 5.74) is 2.29. The Morgan fingerprint density at radius 3 is 2.68 bits per heavy atom. The molecule has 1 aromatic carbocycles. The largest absolute Gasteiger partial charge is 0.359 e. The lowest BCUT2D eigenvalue weighted by Gasteiger charge is -2.30. The van der Waals surface area contributed by atoms with Gasteiger partial charge in [0.1, 0.15) is 13.1 Å². The van der Waals surface area contributed by atoms with Gasteiger partial charge < -0.3 is 9.47 Å². The predicted octanol–water partition coefficient (Wildman–Crippen LogP) is 2.98. The summed E-state index contributed by atoms with van der Waals surface area (Å²) >= 11 is 0. The van der Waals surface area contributed by atoms with E-state index in [2.05, 4.69) is 0 Å². The summed E-state index contributed by atoms with van der Waals surface area (Å²) in [5.74, 6) is 0. The molecule has 3 nitrogen and oxygen atoms in total. The molecule has 0 spiro atoms. The van der Waals surface area contributed by atoms with Crippen LogP contribution in [0.2, 0.25) is 0 Å². The van der Waals surface area contributed by atoms with E-state index in [1.165, 1.54) is 0 Å². The van der Waals surface area contributed by atoms with E-state index >= 15 is 0 Å². The number of rotatable bonds is 5. The number of ether oxygens (including phenoxy) is 2. The Hall–Kier alpha value is -1.71. The fourth-order valence-electron chi connectivity index (χ4n) is 2.20. The molecule has 1 aromatic rings. The average Bonchev–Trinajstić information content (AvgIpc) is 2.46. The molecule has 1 aliphatic rings. The molecule has 0 saturated carbocycles. The van der Waals surface area contributed by atoms with Gasteiger partial charge in [-0.3, -0.25) is 4.79 Å². The van der Waals surface area contributed by atoms with Crippen LogP contribution in [-0.4, -0.2) is 25.8 Å². The van der Waals surface area contributed by atoms with Gasteiger partial charge in [0.2, 0.25) is 0 Å². The second-order valence-electron chi connectivity index (χ2n) is 4.80. The van der Waals surface area contributed by atoms with Crippen LogP contribution in [0.3, 0.4) is 0 Å². The number of benzene rings is 1. The van der Waals surface area contributed by atoms with Crippen LogP contribution in [-0.2, 0) is 14.3 Å². The SMILES string of the molecule is COCOC1(C)C=CC(c2ccccc2)=C(C=O)C1. The summed E-state index contributed by atoms with van der Waals surface area (Å²) in [4.78, 5) is 11.3. The molecule has 100 valence electrons. The molecule has 0 amide bonds. The van der Waals surface area contributed by atoms with E-state index in [1.807, 2.05) is 49.4 Å². The van der Waals surface area contributed by atoms with Gasteiger partial charge in [-0.2, -0.15) is 0 Å². The van der Waals surface area contributed by atoms with Gasteiger partial charge in [0.05, 0.1) is 5.60 Å². The fourth-order valence-corrected chi connectivity index (χ4v) is 2.20. The van der Waals surface area contributed by atoms with E-state index in [4.69, 9.17) is 9.47 Å². The van der Waals surface area contributed by atoms with E-state index in [1.54, 1.807) is 7.11 Å². The first-order valence-electron chi connectivity index (χ1n) is 6.24. The lowest BCUT2D eigenvalue weighted by Crippen LogP contribution is -2.30. The zero-order valence-electron chi connectivity index (χ0n) is 11.3. The number of carbonyl (C=O) groups excluding carboxylic acids is 1. The number of aldehydes is 1. The zero-order valence-corrected chi connectivity index (χ0v) is 11.3. The molecule has 0 aliphatic heterocycles. The van der Waals surface area contributed by atoms with Gasteiger partial charge in [0.25, 0.3) is 0 Å². The second kappa shape index (κ2) is 5.95. The second-order valence-corrected chi connectivity index (χ2v) is 4.80. The molecule has 0 heterocycles. The van der Waals surface area contributed by atoms with Gasteiger partial charge in [-0.1, -0.05) is 42.5 Å². The third kappa shape index (κ3) is 3.19. The highest BCUT2D eigenvalue weighted by Crippen LogP contribution is 2.33. The monoisotopic (exact) mass is 258 g/mol. The number of methoxy groups -OCH3 is 1. The van der Waals surface area contributed by atoms with Gasteiger partial charge in [-0.05, 0) is 18.1 Å². The van der Waals surface area contributed by atoms with Crippen LogP contribution < -0.4 is 0 Å². The van der Waals surface area contributed by atoms with Gasteiger partial charge in [-0.25, -0.2) is 0 Å². The molecule has 0 bridgehead atoms. The van der Waals surface area contributed by atoms with E-state index in [0.717, 1.165) is 23.0 Å². The molecule has 0 aromatic heterocycles. The minimum Gasteiger partial charge on any atom is -0.359 e. The summed E-state index contributed by atoms with van der Waals surface area (Å²) in [6.07, 6.45) is 5.42. The molecule has 2 rings (SSSR count). The van der Waals surface area contributed by atoms with Crippen molar-refractivity contribution >= 4 is 11.9 Å². The lowest BCUT2D eigenvalue weighted by atomic mass is 9.85. The van der Waals surface area contributed by atoms with E-state index < -0.39 is 5.60 Å². The maximum atomic E-state index is 11.3. The van der Waals surface area contributed by atoms with E-state index in [9.17, 15) is 4.79 Å². The van der Waals surface area contributed by atoms with Crippen molar-refractivity contribution in [3.63, 3.8) is 0 Å². The van der Waals surface area contributed by atoms with Crippen LogP contribution in [0.15, 0.2) is 48.1 Å². The van der Waals surface area contributed by atoms with Gasteiger partial charge in [0.15, 0.2) is 0 Å². The molecule has 1 aliphatic carbocycles. The summed E-state index contributed by atoms with van der Waals surface area (Å²) in [7, 11) is 1.59. The first-order chi connectivity index (χ1) is 9.18. The van der Waals surface area contributed by atoms with Crippen LogP contribution in [0.25, 0.3) is 5.57 Å². The Labute approximate surface area is 113 Å². The maximum absolute atomic E-state index is 11.3. The molecule has 3 heteroatoms. The summed E-state index contributed by atoms with van der Waals surface area (Å²) in [6.45, 7) is 2.17. The normalized spacial score (nSPS) is 22.6. The average molecular weight is 258 g/mol. The highest BCUT2D eigenvalue weighted by atomic mass is 16.7. The van der Waals surface area contributed by atoms with Crippen LogP contribution in [0.4, 0.5) is 0 Å². The van der Waals surface area contributed by atoms with Crippen molar-refractivity contribution in [3.05, 3.63) is 53.6 Å². The Morgan fingerprint density at radius 2 is 2.05 bits per heavy atom. The molecule has 0 radical (unpaired) electrons. The molecular weight excluding hydrogens is 240 g/mol. The van der Waals surface area contributed by atoms with Crippen molar-refractivity contribution in [3.8, 4) is 0 Å². The Balaban J connectivity index is 2.27. The van der Waals surface area contributed by atoms with Crippen LogP contribution >= 0.6 is 0 Å². The quantitative estimate of drug-likeness (QED) is 0.601. The number of carbonyl (C=O) groups is 1. The highest BCUT2D eigenvalue weighted by Gasteiger charge is 2.28. The van der Waals surface area contributed by atoms with Gasteiger partial charge >= 0.3 is 0 Å². The van der Waals surface area contributed by atoms with Crippen molar-refractivity contribution in [2.24, 2.45) is 0 Å². The van der Waals surface area contributed by atoms with Crippen LogP contribution in [0, 0.1) is 0 Å². The van der Waals surface area contributed by atoms with E-state index in [0.29, 0.717) is 6.42 Å². The van der Waals surface area contributed by atoms with Crippen molar-refractivity contribution < 1.29 is 14.3 Å². The zero-order chi connectivity index (χ0) is 13.7. The Morgan fingerprint density at radius 1 is 1.32 bits per heavy atom. The van der Waals surface area contributed by atoms with Crippen molar-refractivity contribution in [2.75, 3.05) is 13.9 Å². The smallest absolute Gasteiger partial charge is 0.147 e. The minimum absolute atomic E-state index is 0.216. The molecule has 0 saturated heterocycles. The molecule has 1 unspecified atom stereocenters. The standard InChI is InChI=1S/C16H18O3/c1-16(19-12-18-2)9-8-15(14(10-16)11-17)13-6-4-3-5-7-13/h3-9,11H,10,12H2,1-2H3. The molecule has 19 heavy (non-hydrogen) atoms. The minimum atomic E-state index is -0.482. The van der Waals surface area contributed by atoms with Crippen molar-refractivity contribution in [1.82, 2.24) is 0 Å². The Bertz CT molecular complexity index is 502. The fraction of sp³-hybridized carbons (Fsp3) is 0.312. The van der Waals surface area contributed by atoms with Gasteiger partial charge in [0, 0.05) is 19.1 Å². The van der Waals surface area contributed by atoms with Crippen LogP contribution in [0.1, 0.15) is 18.9 Å². The first-order valence-corrected chi connectivity index (χ1v) is 6.24. The lowest BCUT2D eigenvalue weighted by molar-refractivity contribution is -0.110. The number of hydrogen-bond acceptors (Lipinski definition) is 3. The third-order valence-electron chi connectivity index (χ3n) is 3.22. The predicted molar refractivity (Wildman–Crippen MR) is 74.5 cm³/mol. The molecular formula is C16H18O3. The third-order valence-corrected chi connectivity index (χ3v) is 3.22. The molecule has 0 N–H and O–H groups in total. The Kier molecular flexibility index (Phi) is 4.30. The van der Waals surface area contributed by atoms with Crippen LogP contribution in [0.5, 0.6) is 0 Å². The molecule has 1 atom stereocenters. The summed E-state index contributed by atoms with van der Waals surface area (Å²) < 4.78 is 10.6. The maximum Gasteiger partial charge on any atom is 0.147 e. The topological polar surface area (TPSA) is 35.5 Å². The van der Waals surface area contributed by atoms with E-state index in [-0.39, 0.29) is 6.79 Å². The highest BCUT2D eigenvalue weighted by molar-refractivity contribution is 5.93.